The number of halogens is 3. The van der Waals surface area contributed by atoms with E-state index < -0.39 is 11.6 Å². The minimum absolute atomic E-state index is 0.0706. The second-order valence-electron chi connectivity index (χ2n) is 5.77. The molecule has 0 spiro atoms. The summed E-state index contributed by atoms with van der Waals surface area (Å²) in [6, 6.07) is 1.66. The Hall–Kier alpha value is -1.79. The van der Waals surface area contributed by atoms with Gasteiger partial charge in [0.05, 0.1) is 28.0 Å². The number of hydrogen-bond acceptors (Lipinski definition) is 4. The number of piperidine rings is 1. The van der Waals surface area contributed by atoms with Gasteiger partial charge in [-0.15, -0.1) is 0 Å². The summed E-state index contributed by atoms with van der Waals surface area (Å²) in [7, 11) is 0. The number of alkyl halides is 1. The van der Waals surface area contributed by atoms with Gasteiger partial charge in [0.15, 0.2) is 5.67 Å². The Kier molecular flexibility index (Phi) is 5.72. The number of aryl methyl sites for hydroxylation is 1. The normalized spacial score (nSPS) is 22.6. The van der Waals surface area contributed by atoms with Gasteiger partial charge < -0.3 is 16.4 Å². The average molecular weight is 373 g/mol. The third-order valence-corrected chi connectivity index (χ3v) is 4.23. The van der Waals surface area contributed by atoms with Crippen LogP contribution in [0.2, 0.25) is 5.02 Å². The largest absolute Gasteiger partial charge is 0.404 e. The van der Waals surface area contributed by atoms with Crippen molar-refractivity contribution in [2.75, 3.05) is 13.1 Å². The lowest BCUT2D eigenvalue weighted by atomic mass is 9.88. The molecule has 1 aliphatic rings. The van der Waals surface area contributed by atoms with E-state index in [0.717, 1.165) is 6.20 Å². The van der Waals surface area contributed by atoms with Crippen LogP contribution in [0.25, 0.3) is 0 Å². The van der Waals surface area contributed by atoms with Crippen LogP contribution in [0.5, 0.6) is 0 Å². The molecule has 0 saturated carbocycles. The summed E-state index contributed by atoms with van der Waals surface area (Å²) in [5.41, 5.74) is 10.2. The summed E-state index contributed by atoms with van der Waals surface area (Å²) >= 11 is 11.5. The molecule has 1 atom stereocenters. The van der Waals surface area contributed by atoms with Crippen LogP contribution in [0.15, 0.2) is 35.3 Å². The number of aromatic nitrogens is 1. The first-order chi connectivity index (χ1) is 11.3. The molecule has 1 aromatic rings. The number of likely N-dealkylation sites (tertiary alicyclic amines) is 1. The topological polar surface area (TPSA) is 85.2 Å². The predicted molar refractivity (Wildman–Crippen MR) is 93.0 cm³/mol. The maximum absolute atomic E-state index is 15.5. The lowest BCUT2D eigenvalue weighted by molar-refractivity contribution is -0.131. The van der Waals surface area contributed by atoms with Crippen LogP contribution in [0.4, 0.5) is 4.39 Å². The lowest BCUT2D eigenvalue weighted by Crippen LogP contribution is -2.47. The zero-order valence-corrected chi connectivity index (χ0v) is 14.7. The predicted octanol–water partition coefficient (Wildman–Crippen LogP) is 2.71. The summed E-state index contributed by atoms with van der Waals surface area (Å²) in [6.45, 7) is 2.05. The standard InChI is InChI=1S/C16H19Cl2FN4O/c1-10-5-12(17)8-22-14(10)16(19)3-2-4-23(9-16)15(24)11(7-20)6-13(18)21/h5-8H,2-4,9,20-21H2,1H3/b11-7+,13-6-. The first-order valence-corrected chi connectivity index (χ1v) is 8.18. The van der Waals surface area contributed by atoms with Gasteiger partial charge in [0.2, 0.25) is 0 Å². The Morgan fingerprint density at radius 2 is 2.25 bits per heavy atom. The zero-order chi connectivity index (χ0) is 17.9. The fourth-order valence-electron chi connectivity index (χ4n) is 2.90. The molecule has 130 valence electrons. The molecule has 0 radical (unpaired) electrons. The molecule has 0 aliphatic carbocycles. The number of pyridine rings is 1. The van der Waals surface area contributed by atoms with E-state index in [1.807, 2.05) is 0 Å². The third kappa shape index (κ3) is 3.99. The lowest BCUT2D eigenvalue weighted by Gasteiger charge is -2.37. The van der Waals surface area contributed by atoms with Gasteiger partial charge in [-0.1, -0.05) is 23.2 Å². The van der Waals surface area contributed by atoms with E-state index in [4.69, 9.17) is 34.7 Å². The number of hydrogen-bond donors (Lipinski definition) is 2. The Labute approximate surface area is 150 Å². The minimum atomic E-state index is -1.74. The number of nitrogens with zero attached hydrogens (tertiary/aromatic N) is 2. The molecule has 1 unspecified atom stereocenters. The smallest absolute Gasteiger partial charge is 0.255 e. The van der Waals surface area contributed by atoms with Crippen molar-refractivity contribution >= 4 is 29.1 Å². The van der Waals surface area contributed by atoms with Crippen LogP contribution in [0.1, 0.15) is 24.1 Å². The van der Waals surface area contributed by atoms with E-state index in [-0.39, 0.29) is 23.7 Å². The van der Waals surface area contributed by atoms with Gasteiger partial charge in [-0.05, 0) is 37.5 Å². The molecule has 0 bridgehead atoms. The Morgan fingerprint density at radius 3 is 2.83 bits per heavy atom. The van der Waals surface area contributed by atoms with E-state index in [1.165, 1.54) is 17.2 Å². The highest BCUT2D eigenvalue weighted by atomic mass is 35.5. The van der Waals surface area contributed by atoms with Crippen molar-refractivity contribution in [3.63, 3.8) is 0 Å². The fraction of sp³-hybridized carbons (Fsp3) is 0.375. The monoisotopic (exact) mass is 372 g/mol. The van der Waals surface area contributed by atoms with E-state index >= 15 is 4.39 Å². The van der Waals surface area contributed by atoms with Crippen LogP contribution in [-0.2, 0) is 10.5 Å². The molecule has 4 N–H and O–H groups in total. The maximum atomic E-state index is 15.5. The highest BCUT2D eigenvalue weighted by molar-refractivity contribution is 6.30. The van der Waals surface area contributed by atoms with Crippen LogP contribution in [0.3, 0.4) is 0 Å². The highest BCUT2D eigenvalue weighted by Crippen LogP contribution is 2.37. The highest BCUT2D eigenvalue weighted by Gasteiger charge is 2.41. The van der Waals surface area contributed by atoms with Gasteiger partial charge >= 0.3 is 0 Å². The summed E-state index contributed by atoms with van der Waals surface area (Å²) in [6.07, 6.45) is 4.56. The second kappa shape index (κ2) is 7.40. The average Bonchev–Trinajstić information content (AvgIpc) is 2.51. The minimum Gasteiger partial charge on any atom is -0.404 e. The molecular formula is C16H19Cl2FN4O. The summed E-state index contributed by atoms with van der Waals surface area (Å²) in [5.74, 6) is -0.422. The molecule has 1 aliphatic heterocycles. The number of amides is 1. The van der Waals surface area contributed by atoms with Crippen molar-refractivity contribution in [1.82, 2.24) is 9.88 Å². The van der Waals surface area contributed by atoms with Gasteiger partial charge in [0, 0.05) is 18.9 Å². The molecule has 1 amide bonds. The fourth-order valence-corrected chi connectivity index (χ4v) is 3.23. The third-order valence-electron chi connectivity index (χ3n) is 3.92. The van der Waals surface area contributed by atoms with Crippen LogP contribution in [0, 0.1) is 6.92 Å². The molecule has 1 fully saturated rings. The van der Waals surface area contributed by atoms with Crippen molar-refractivity contribution in [3.8, 4) is 0 Å². The first kappa shape index (κ1) is 18.5. The number of carbonyl (C=O) groups is 1. The van der Waals surface area contributed by atoms with E-state index in [0.29, 0.717) is 29.2 Å². The summed E-state index contributed by atoms with van der Waals surface area (Å²) in [4.78, 5) is 18.1. The zero-order valence-electron chi connectivity index (χ0n) is 13.2. The Morgan fingerprint density at radius 1 is 1.54 bits per heavy atom. The van der Waals surface area contributed by atoms with Crippen LogP contribution < -0.4 is 11.5 Å². The SMILES string of the molecule is Cc1cc(Cl)cnc1C1(F)CCCN(C(=O)C(/C=C(\N)Cl)=C/N)C1. The number of carbonyl (C=O) groups excluding carboxylic acids is 1. The van der Waals surface area contributed by atoms with Gasteiger partial charge in [-0.25, -0.2) is 4.39 Å². The maximum Gasteiger partial charge on any atom is 0.255 e. The van der Waals surface area contributed by atoms with Gasteiger partial charge in [-0.3, -0.25) is 9.78 Å². The quantitative estimate of drug-likeness (QED) is 0.485. The van der Waals surface area contributed by atoms with Crippen molar-refractivity contribution < 1.29 is 9.18 Å². The molecule has 8 heteroatoms. The van der Waals surface area contributed by atoms with E-state index in [9.17, 15) is 4.79 Å². The molecule has 5 nitrogen and oxygen atoms in total. The van der Waals surface area contributed by atoms with Crippen LogP contribution >= 0.6 is 23.2 Å². The molecule has 2 rings (SSSR count). The Balaban J connectivity index is 2.28. The first-order valence-electron chi connectivity index (χ1n) is 7.42. The summed E-state index contributed by atoms with van der Waals surface area (Å²) < 4.78 is 15.5. The molecular weight excluding hydrogens is 354 g/mol. The van der Waals surface area contributed by atoms with Gasteiger partial charge in [0.25, 0.3) is 5.91 Å². The van der Waals surface area contributed by atoms with Gasteiger partial charge in [-0.2, -0.15) is 0 Å². The van der Waals surface area contributed by atoms with E-state index in [2.05, 4.69) is 4.98 Å². The van der Waals surface area contributed by atoms with E-state index in [1.54, 1.807) is 13.0 Å². The molecule has 2 heterocycles. The molecule has 24 heavy (non-hydrogen) atoms. The summed E-state index contributed by atoms with van der Waals surface area (Å²) in [5, 5.41) is 0.374. The number of rotatable bonds is 3. The van der Waals surface area contributed by atoms with Crippen molar-refractivity contribution in [2.45, 2.75) is 25.4 Å². The molecule has 1 aromatic heterocycles. The van der Waals surface area contributed by atoms with Gasteiger partial charge in [0.1, 0.15) is 0 Å². The second-order valence-corrected chi connectivity index (χ2v) is 6.64. The van der Waals surface area contributed by atoms with Crippen LogP contribution in [-0.4, -0.2) is 28.9 Å². The molecule has 1 saturated heterocycles. The molecule has 0 aromatic carbocycles. The van der Waals surface area contributed by atoms with Crippen molar-refractivity contribution in [2.24, 2.45) is 11.5 Å². The Bertz CT molecular complexity index is 703. The van der Waals surface area contributed by atoms with Crippen molar-refractivity contribution in [1.29, 1.82) is 0 Å². The van der Waals surface area contributed by atoms with Crippen molar-refractivity contribution in [3.05, 3.63) is 51.5 Å². The number of nitrogens with two attached hydrogens (primary N) is 2.